The van der Waals surface area contributed by atoms with Gasteiger partial charge in [0.05, 0.1) is 5.41 Å². The zero-order valence-electron chi connectivity index (χ0n) is 14.1. The number of hydrogen-bond acceptors (Lipinski definition) is 4. The maximum Gasteiger partial charge on any atom is 0.471 e. The number of halogens is 4. The maximum absolute atomic E-state index is 13.8. The van der Waals surface area contributed by atoms with Gasteiger partial charge in [-0.15, -0.1) is 0 Å². The van der Waals surface area contributed by atoms with Gasteiger partial charge in [-0.3, -0.25) is 4.79 Å². The Balaban J connectivity index is 1.91. The summed E-state index contributed by atoms with van der Waals surface area (Å²) in [5.74, 6) is -2.40. The van der Waals surface area contributed by atoms with Crippen molar-refractivity contribution in [3.05, 3.63) is 47.4 Å². The molecule has 1 aromatic carbocycles. The Labute approximate surface area is 147 Å². The second-order valence-corrected chi connectivity index (χ2v) is 6.41. The highest BCUT2D eigenvalue weighted by Crippen LogP contribution is 2.30. The summed E-state index contributed by atoms with van der Waals surface area (Å²) >= 11 is 0. The molecule has 1 unspecified atom stereocenters. The highest BCUT2D eigenvalue weighted by atomic mass is 19.4. The number of aryl methyl sites for hydroxylation is 1. The van der Waals surface area contributed by atoms with Crippen LogP contribution in [0.25, 0.3) is 0 Å². The molecule has 0 bridgehead atoms. The number of nitrogens with two attached hydrogens (primary N) is 1. The van der Waals surface area contributed by atoms with E-state index in [-0.39, 0.29) is 18.7 Å². The number of unbranched alkanes of at least 4 members (excludes halogenated alkanes) is 1. The van der Waals surface area contributed by atoms with Gasteiger partial charge in [0.2, 0.25) is 5.91 Å². The van der Waals surface area contributed by atoms with E-state index in [1.807, 2.05) is 0 Å². The fraction of sp³-hybridized carbons (Fsp3) is 0.471. The van der Waals surface area contributed by atoms with Crippen molar-refractivity contribution in [2.24, 2.45) is 11.1 Å². The first-order valence-electron chi connectivity index (χ1n) is 8.05. The van der Waals surface area contributed by atoms with Crippen LogP contribution in [0.15, 0.2) is 28.8 Å². The molecule has 5 nitrogen and oxygen atoms in total. The monoisotopic (exact) mass is 373 g/mol. The van der Waals surface area contributed by atoms with Crippen LogP contribution in [-0.2, 0) is 23.8 Å². The number of nitrogens with zero attached hydrogens (tertiary/aromatic N) is 2. The smallest absolute Gasteiger partial charge is 0.369 e. The summed E-state index contributed by atoms with van der Waals surface area (Å²) in [6.45, 7) is 1.65. The number of alkyl halides is 3. The lowest BCUT2D eigenvalue weighted by Crippen LogP contribution is -2.36. The Morgan fingerprint density at radius 2 is 1.92 bits per heavy atom. The first-order valence-corrected chi connectivity index (χ1v) is 8.05. The van der Waals surface area contributed by atoms with Gasteiger partial charge in [0.1, 0.15) is 5.82 Å². The third kappa shape index (κ3) is 5.03. The summed E-state index contributed by atoms with van der Waals surface area (Å²) in [6, 6.07) is 6.13. The van der Waals surface area contributed by atoms with Gasteiger partial charge in [-0.25, -0.2) is 4.39 Å². The molecule has 0 saturated carbocycles. The lowest BCUT2D eigenvalue weighted by Gasteiger charge is -2.26. The van der Waals surface area contributed by atoms with Crippen LogP contribution in [-0.4, -0.2) is 16.0 Å². The summed E-state index contributed by atoms with van der Waals surface area (Å²) in [6.07, 6.45) is -3.06. The van der Waals surface area contributed by atoms with Gasteiger partial charge in [0.25, 0.3) is 0 Å². The van der Waals surface area contributed by atoms with Gasteiger partial charge in [-0.05, 0) is 30.9 Å². The van der Waals surface area contributed by atoms with E-state index in [4.69, 9.17) is 5.73 Å². The van der Waals surface area contributed by atoms with E-state index in [9.17, 15) is 22.4 Å². The Morgan fingerprint density at radius 1 is 1.23 bits per heavy atom. The minimum Gasteiger partial charge on any atom is -0.369 e. The number of amides is 1. The van der Waals surface area contributed by atoms with Gasteiger partial charge < -0.3 is 10.3 Å². The fourth-order valence-electron chi connectivity index (χ4n) is 2.63. The van der Waals surface area contributed by atoms with Crippen molar-refractivity contribution in [3.63, 3.8) is 0 Å². The lowest BCUT2D eigenvalue weighted by atomic mass is 9.78. The minimum absolute atomic E-state index is 0.0489. The Hall–Kier alpha value is -2.45. The fourth-order valence-corrected chi connectivity index (χ4v) is 2.63. The predicted molar refractivity (Wildman–Crippen MR) is 84.3 cm³/mol. The quantitative estimate of drug-likeness (QED) is 0.565. The van der Waals surface area contributed by atoms with Crippen molar-refractivity contribution in [2.75, 3.05) is 0 Å². The van der Waals surface area contributed by atoms with Crippen molar-refractivity contribution in [1.29, 1.82) is 0 Å². The van der Waals surface area contributed by atoms with E-state index in [2.05, 4.69) is 14.7 Å². The summed E-state index contributed by atoms with van der Waals surface area (Å²) in [4.78, 5) is 15.1. The first kappa shape index (κ1) is 19.9. The van der Waals surface area contributed by atoms with Gasteiger partial charge in [0, 0.05) is 6.42 Å². The third-order valence-corrected chi connectivity index (χ3v) is 4.22. The molecule has 9 heteroatoms. The first-order chi connectivity index (χ1) is 12.1. The van der Waals surface area contributed by atoms with Crippen molar-refractivity contribution >= 4 is 5.91 Å². The highest BCUT2D eigenvalue weighted by Gasteiger charge is 2.38. The van der Waals surface area contributed by atoms with Crippen LogP contribution >= 0.6 is 0 Å². The van der Waals surface area contributed by atoms with E-state index in [1.165, 1.54) is 6.07 Å². The molecule has 1 heterocycles. The molecule has 2 aromatic rings. The predicted octanol–water partition coefficient (Wildman–Crippen LogP) is 3.67. The lowest BCUT2D eigenvalue weighted by molar-refractivity contribution is -0.159. The molecule has 0 fully saturated rings. The van der Waals surface area contributed by atoms with Crippen LogP contribution < -0.4 is 5.73 Å². The second-order valence-electron chi connectivity index (χ2n) is 6.41. The molecule has 0 aliphatic heterocycles. The van der Waals surface area contributed by atoms with Crippen LogP contribution in [0.3, 0.4) is 0 Å². The topological polar surface area (TPSA) is 82.0 Å². The standard InChI is InChI=1S/C17H19F4N3O2/c1-16(14(22)25,10-11-6-2-3-7-12(11)18)9-5-4-8-13-23-15(26-24-13)17(19,20)21/h2-3,6-7H,4-5,8-10H2,1H3,(H2,22,25). The van der Waals surface area contributed by atoms with Crippen LogP contribution in [0.1, 0.15) is 43.5 Å². The highest BCUT2D eigenvalue weighted by molar-refractivity contribution is 5.80. The van der Waals surface area contributed by atoms with Gasteiger partial charge in [-0.2, -0.15) is 18.2 Å². The van der Waals surface area contributed by atoms with Crippen LogP contribution in [0.5, 0.6) is 0 Å². The molecule has 0 saturated heterocycles. The average Bonchev–Trinajstić information content (AvgIpc) is 3.03. The Bertz CT molecular complexity index is 760. The molecule has 2 N–H and O–H groups in total. The van der Waals surface area contributed by atoms with Gasteiger partial charge in [0.15, 0.2) is 5.82 Å². The Kier molecular flexibility index (Phi) is 5.99. The van der Waals surface area contributed by atoms with E-state index >= 15 is 0 Å². The molecule has 26 heavy (non-hydrogen) atoms. The molecular weight excluding hydrogens is 354 g/mol. The summed E-state index contributed by atoms with van der Waals surface area (Å²) in [5.41, 5.74) is 4.92. The normalized spacial score (nSPS) is 14.2. The molecule has 1 atom stereocenters. The maximum atomic E-state index is 13.8. The second kappa shape index (κ2) is 7.84. The van der Waals surface area contributed by atoms with Crippen LogP contribution in [0, 0.1) is 11.2 Å². The summed E-state index contributed by atoms with van der Waals surface area (Å²) in [5, 5.41) is 3.28. The van der Waals surface area contributed by atoms with E-state index in [0.717, 1.165) is 0 Å². The molecule has 1 amide bonds. The van der Waals surface area contributed by atoms with Crippen LogP contribution in [0.4, 0.5) is 17.6 Å². The zero-order valence-corrected chi connectivity index (χ0v) is 14.1. The molecule has 0 radical (unpaired) electrons. The number of aromatic nitrogens is 2. The van der Waals surface area contributed by atoms with Gasteiger partial charge in [-0.1, -0.05) is 36.7 Å². The molecular formula is C17H19F4N3O2. The van der Waals surface area contributed by atoms with E-state index in [0.29, 0.717) is 24.8 Å². The minimum atomic E-state index is -4.67. The summed E-state index contributed by atoms with van der Waals surface area (Å²) in [7, 11) is 0. The number of primary amides is 1. The molecule has 0 aliphatic carbocycles. The van der Waals surface area contributed by atoms with Crippen LogP contribution in [0.2, 0.25) is 0 Å². The number of carbonyl (C=O) groups excluding carboxylic acids is 1. The van der Waals surface area contributed by atoms with Gasteiger partial charge >= 0.3 is 12.1 Å². The number of benzene rings is 1. The van der Waals surface area contributed by atoms with E-state index in [1.54, 1.807) is 25.1 Å². The Morgan fingerprint density at radius 3 is 2.50 bits per heavy atom. The average molecular weight is 373 g/mol. The molecule has 142 valence electrons. The number of carbonyl (C=O) groups is 1. The number of hydrogen-bond donors (Lipinski definition) is 1. The largest absolute Gasteiger partial charge is 0.471 e. The van der Waals surface area contributed by atoms with Crippen molar-refractivity contribution in [1.82, 2.24) is 10.1 Å². The van der Waals surface area contributed by atoms with Crippen molar-refractivity contribution in [2.45, 2.75) is 45.2 Å². The SMILES string of the molecule is CC(CCCCc1noc(C(F)(F)F)n1)(Cc1ccccc1F)C(N)=O. The van der Waals surface area contributed by atoms with Crippen molar-refractivity contribution < 1.29 is 26.9 Å². The summed E-state index contributed by atoms with van der Waals surface area (Å²) < 4.78 is 55.2. The van der Waals surface area contributed by atoms with Crippen molar-refractivity contribution in [3.8, 4) is 0 Å². The zero-order chi connectivity index (χ0) is 19.4. The molecule has 1 aromatic heterocycles. The molecule has 2 rings (SSSR count). The van der Waals surface area contributed by atoms with E-state index < -0.39 is 29.2 Å². The molecule has 0 spiro atoms. The third-order valence-electron chi connectivity index (χ3n) is 4.22. The molecule has 0 aliphatic rings. The number of rotatable bonds is 8.